The largest absolute Gasteiger partial charge is 0.397 e. The Kier molecular flexibility index (Phi) is 4.49. The van der Waals surface area contributed by atoms with Gasteiger partial charge in [-0.15, -0.1) is 0 Å². The standard InChI is InChI=1S/C15H25N3O2S/c1-15(2)9-5-4-6-14(15)18-13-10-11(7-8-12(13)16)21(19,20)17-3/h7-8,10,14,17-18H,4-6,9,16H2,1-3H3. The van der Waals surface area contributed by atoms with Crippen LogP contribution in [0.15, 0.2) is 23.1 Å². The molecule has 1 aliphatic carbocycles. The van der Waals surface area contributed by atoms with Gasteiger partial charge in [0.25, 0.3) is 0 Å². The second kappa shape index (κ2) is 5.85. The lowest BCUT2D eigenvalue weighted by Gasteiger charge is -2.39. The Hall–Kier alpha value is -1.27. The first-order valence-corrected chi connectivity index (χ1v) is 8.84. The molecule has 1 aromatic carbocycles. The Bertz CT molecular complexity index is 611. The van der Waals surface area contributed by atoms with E-state index >= 15 is 0 Å². The van der Waals surface area contributed by atoms with Crippen LogP contribution >= 0.6 is 0 Å². The fourth-order valence-corrected chi connectivity index (χ4v) is 3.65. The van der Waals surface area contributed by atoms with Crippen LogP contribution < -0.4 is 15.8 Å². The van der Waals surface area contributed by atoms with Crippen molar-refractivity contribution in [1.29, 1.82) is 0 Å². The van der Waals surface area contributed by atoms with Gasteiger partial charge in [0, 0.05) is 6.04 Å². The zero-order chi connectivity index (χ0) is 15.7. The predicted molar refractivity (Wildman–Crippen MR) is 86.8 cm³/mol. The highest BCUT2D eigenvalue weighted by atomic mass is 32.2. The predicted octanol–water partition coefficient (Wildman–Crippen LogP) is 2.56. The van der Waals surface area contributed by atoms with Crippen LogP contribution in [0.5, 0.6) is 0 Å². The molecule has 1 fully saturated rings. The van der Waals surface area contributed by atoms with Crippen molar-refractivity contribution in [2.45, 2.75) is 50.5 Å². The molecule has 0 amide bonds. The van der Waals surface area contributed by atoms with Crippen LogP contribution in [0.25, 0.3) is 0 Å². The van der Waals surface area contributed by atoms with Crippen molar-refractivity contribution < 1.29 is 8.42 Å². The minimum atomic E-state index is -3.45. The van der Waals surface area contributed by atoms with Gasteiger partial charge in [0.15, 0.2) is 0 Å². The van der Waals surface area contributed by atoms with E-state index < -0.39 is 10.0 Å². The van der Waals surface area contributed by atoms with Crippen molar-refractivity contribution in [3.05, 3.63) is 18.2 Å². The van der Waals surface area contributed by atoms with Gasteiger partial charge in [0.1, 0.15) is 0 Å². The molecule has 5 nitrogen and oxygen atoms in total. The number of nitrogen functional groups attached to an aromatic ring is 1. The van der Waals surface area contributed by atoms with Crippen molar-refractivity contribution in [2.24, 2.45) is 5.41 Å². The van der Waals surface area contributed by atoms with Crippen LogP contribution in [0.4, 0.5) is 11.4 Å². The maximum atomic E-state index is 11.9. The first-order chi connectivity index (χ1) is 9.76. The number of nitrogens with two attached hydrogens (primary N) is 1. The van der Waals surface area contributed by atoms with Gasteiger partial charge in [-0.25, -0.2) is 13.1 Å². The second-order valence-electron chi connectivity index (χ2n) is 6.39. The Labute approximate surface area is 127 Å². The number of nitrogens with one attached hydrogen (secondary N) is 2. The summed E-state index contributed by atoms with van der Waals surface area (Å²) in [5.74, 6) is 0. The molecule has 0 saturated heterocycles. The number of anilines is 2. The number of benzene rings is 1. The van der Waals surface area contributed by atoms with E-state index in [9.17, 15) is 8.42 Å². The molecule has 6 heteroatoms. The van der Waals surface area contributed by atoms with E-state index in [1.54, 1.807) is 12.1 Å². The summed E-state index contributed by atoms with van der Waals surface area (Å²) in [6.45, 7) is 4.49. The topological polar surface area (TPSA) is 84.2 Å². The zero-order valence-corrected chi connectivity index (χ0v) is 13.8. The maximum absolute atomic E-state index is 11.9. The fraction of sp³-hybridized carbons (Fsp3) is 0.600. The molecule has 2 rings (SSSR count). The van der Waals surface area contributed by atoms with Crippen molar-refractivity contribution in [3.8, 4) is 0 Å². The Morgan fingerprint density at radius 2 is 2.00 bits per heavy atom. The van der Waals surface area contributed by atoms with E-state index in [4.69, 9.17) is 5.73 Å². The smallest absolute Gasteiger partial charge is 0.240 e. The van der Waals surface area contributed by atoms with Crippen molar-refractivity contribution in [2.75, 3.05) is 18.1 Å². The van der Waals surface area contributed by atoms with E-state index in [1.165, 1.54) is 32.4 Å². The van der Waals surface area contributed by atoms with E-state index in [0.717, 1.165) is 6.42 Å². The fourth-order valence-electron chi connectivity index (χ4n) is 2.89. The Morgan fingerprint density at radius 1 is 1.29 bits per heavy atom. The summed E-state index contributed by atoms with van der Waals surface area (Å²) in [4.78, 5) is 0.232. The van der Waals surface area contributed by atoms with Gasteiger partial charge >= 0.3 is 0 Å². The van der Waals surface area contributed by atoms with E-state index in [0.29, 0.717) is 17.4 Å². The van der Waals surface area contributed by atoms with Crippen LogP contribution in [-0.2, 0) is 10.0 Å². The van der Waals surface area contributed by atoms with Gasteiger partial charge in [-0.1, -0.05) is 26.7 Å². The lowest BCUT2D eigenvalue weighted by atomic mass is 9.73. The molecule has 0 aliphatic heterocycles. The van der Waals surface area contributed by atoms with Gasteiger partial charge in [0.05, 0.1) is 16.3 Å². The second-order valence-corrected chi connectivity index (χ2v) is 8.27. The van der Waals surface area contributed by atoms with Crippen LogP contribution in [0, 0.1) is 5.41 Å². The van der Waals surface area contributed by atoms with Gasteiger partial charge < -0.3 is 11.1 Å². The molecule has 0 radical (unpaired) electrons. The molecule has 4 N–H and O–H groups in total. The number of hydrogen-bond acceptors (Lipinski definition) is 4. The molecular weight excluding hydrogens is 286 g/mol. The molecular formula is C15H25N3O2S. The molecule has 1 aliphatic rings. The highest BCUT2D eigenvalue weighted by Gasteiger charge is 2.32. The third kappa shape index (κ3) is 3.49. The highest BCUT2D eigenvalue weighted by Crippen LogP contribution is 2.38. The third-order valence-corrected chi connectivity index (χ3v) is 5.85. The van der Waals surface area contributed by atoms with Crippen molar-refractivity contribution in [3.63, 3.8) is 0 Å². The monoisotopic (exact) mass is 311 g/mol. The Morgan fingerprint density at radius 3 is 2.62 bits per heavy atom. The minimum Gasteiger partial charge on any atom is -0.397 e. The first-order valence-electron chi connectivity index (χ1n) is 7.36. The normalized spacial score (nSPS) is 22.0. The molecule has 0 bridgehead atoms. The summed E-state index contributed by atoms with van der Waals surface area (Å²) in [5, 5.41) is 3.46. The number of rotatable bonds is 4. The van der Waals surface area contributed by atoms with Crippen LogP contribution in [0.3, 0.4) is 0 Å². The molecule has 1 saturated carbocycles. The number of hydrogen-bond donors (Lipinski definition) is 3. The summed E-state index contributed by atoms with van der Waals surface area (Å²) in [6.07, 6.45) is 4.68. The van der Waals surface area contributed by atoms with E-state index in [-0.39, 0.29) is 10.3 Å². The average molecular weight is 311 g/mol. The quantitative estimate of drug-likeness (QED) is 0.746. The van der Waals surface area contributed by atoms with Crippen molar-refractivity contribution >= 4 is 21.4 Å². The van der Waals surface area contributed by atoms with Crippen LogP contribution in [0.2, 0.25) is 0 Å². The molecule has 118 valence electrons. The van der Waals surface area contributed by atoms with Crippen LogP contribution in [0.1, 0.15) is 39.5 Å². The summed E-state index contributed by atoms with van der Waals surface area (Å²) in [7, 11) is -2.05. The first kappa shape index (κ1) is 16.1. The van der Waals surface area contributed by atoms with Gasteiger partial charge in [-0.2, -0.15) is 0 Å². The third-order valence-electron chi connectivity index (χ3n) is 4.44. The Balaban J connectivity index is 2.29. The van der Waals surface area contributed by atoms with Gasteiger partial charge in [-0.3, -0.25) is 0 Å². The summed E-state index contributed by atoms with van der Waals surface area (Å²) < 4.78 is 26.1. The molecule has 1 atom stereocenters. The van der Waals surface area contributed by atoms with E-state index in [2.05, 4.69) is 23.9 Å². The summed E-state index contributed by atoms with van der Waals surface area (Å²) in [6, 6.07) is 5.09. The highest BCUT2D eigenvalue weighted by molar-refractivity contribution is 7.89. The molecule has 0 aromatic heterocycles. The zero-order valence-electron chi connectivity index (χ0n) is 12.9. The van der Waals surface area contributed by atoms with Crippen LogP contribution in [-0.4, -0.2) is 21.5 Å². The average Bonchev–Trinajstić information content (AvgIpc) is 2.43. The van der Waals surface area contributed by atoms with Crippen molar-refractivity contribution in [1.82, 2.24) is 4.72 Å². The molecule has 0 heterocycles. The lowest BCUT2D eigenvalue weighted by molar-refractivity contribution is 0.217. The number of sulfonamides is 1. The minimum absolute atomic E-state index is 0.183. The summed E-state index contributed by atoms with van der Waals surface area (Å²) >= 11 is 0. The van der Waals surface area contributed by atoms with Gasteiger partial charge in [0.2, 0.25) is 10.0 Å². The molecule has 1 unspecified atom stereocenters. The lowest BCUT2D eigenvalue weighted by Crippen LogP contribution is -2.39. The molecule has 0 spiro atoms. The molecule has 21 heavy (non-hydrogen) atoms. The van der Waals surface area contributed by atoms with E-state index in [1.807, 2.05) is 0 Å². The summed E-state index contributed by atoms with van der Waals surface area (Å²) in [5.41, 5.74) is 7.46. The molecule has 1 aromatic rings. The van der Waals surface area contributed by atoms with Gasteiger partial charge in [-0.05, 0) is 43.5 Å². The SMILES string of the molecule is CNS(=O)(=O)c1ccc(N)c(NC2CCCCC2(C)C)c1. The maximum Gasteiger partial charge on any atom is 0.240 e.